The highest BCUT2D eigenvalue weighted by Gasteiger charge is 2.08. The number of sulfone groups is 1. The van der Waals surface area contributed by atoms with Crippen LogP contribution in [0.5, 0.6) is 0 Å². The summed E-state index contributed by atoms with van der Waals surface area (Å²) in [6.45, 7) is 0. The predicted molar refractivity (Wildman–Crippen MR) is 67.4 cm³/mol. The summed E-state index contributed by atoms with van der Waals surface area (Å²) in [5.41, 5.74) is 0.614. The van der Waals surface area contributed by atoms with Crippen LogP contribution in [0.2, 0.25) is 0 Å². The maximum atomic E-state index is 11.7. The summed E-state index contributed by atoms with van der Waals surface area (Å²) in [5.74, 6) is 0.0391. The molecule has 1 aromatic carbocycles. The Labute approximate surface area is 104 Å². The first kappa shape index (κ1) is 13.4. The smallest absolute Gasteiger partial charge is 0.162 e. The molecule has 0 heterocycles. The number of ketones is 1. The Balaban J connectivity index is 2.54. The summed E-state index contributed by atoms with van der Waals surface area (Å²) >= 11 is 3.28. The van der Waals surface area contributed by atoms with Gasteiger partial charge in [-0.05, 0) is 18.6 Å². The minimum absolute atomic E-state index is 0.0232. The van der Waals surface area contributed by atoms with Gasteiger partial charge in [0.05, 0.1) is 5.75 Å². The summed E-state index contributed by atoms with van der Waals surface area (Å²) in [6.07, 6.45) is 1.82. The number of halogens is 1. The molecule has 0 fully saturated rings. The lowest BCUT2D eigenvalue weighted by Crippen LogP contribution is -2.06. The molecular weight excluding hydrogens is 292 g/mol. The van der Waals surface area contributed by atoms with Crippen molar-refractivity contribution in [1.29, 1.82) is 0 Å². The summed E-state index contributed by atoms with van der Waals surface area (Å²) < 4.78 is 22.6. The zero-order valence-corrected chi connectivity index (χ0v) is 11.3. The van der Waals surface area contributed by atoms with E-state index in [1.807, 2.05) is 6.07 Å². The summed E-state index contributed by atoms with van der Waals surface area (Å²) in [4.78, 5) is 11.7. The number of hydrogen-bond acceptors (Lipinski definition) is 3. The van der Waals surface area contributed by atoms with Gasteiger partial charge in [-0.25, -0.2) is 8.42 Å². The molecule has 0 bridgehead atoms. The van der Waals surface area contributed by atoms with E-state index in [0.717, 1.165) is 4.47 Å². The topological polar surface area (TPSA) is 51.2 Å². The Bertz CT molecular complexity index is 480. The molecule has 0 radical (unpaired) electrons. The maximum Gasteiger partial charge on any atom is 0.162 e. The monoisotopic (exact) mass is 304 g/mol. The van der Waals surface area contributed by atoms with E-state index in [-0.39, 0.29) is 18.0 Å². The molecule has 1 rings (SSSR count). The van der Waals surface area contributed by atoms with Crippen LogP contribution in [0.4, 0.5) is 0 Å². The number of carbonyl (C=O) groups excluding carboxylic acids is 1. The van der Waals surface area contributed by atoms with Crippen molar-refractivity contribution in [1.82, 2.24) is 0 Å². The van der Waals surface area contributed by atoms with Crippen LogP contribution in [0.3, 0.4) is 0 Å². The van der Waals surface area contributed by atoms with Gasteiger partial charge in [0.1, 0.15) is 9.84 Å². The molecule has 0 aliphatic heterocycles. The molecule has 5 heteroatoms. The molecule has 0 aliphatic carbocycles. The van der Waals surface area contributed by atoms with Gasteiger partial charge >= 0.3 is 0 Å². The van der Waals surface area contributed by atoms with Crippen LogP contribution in [-0.2, 0) is 9.84 Å². The molecule has 0 aliphatic rings. The van der Waals surface area contributed by atoms with E-state index in [2.05, 4.69) is 15.9 Å². The summed E-state index contributed by atoms with van der Waals surface area (Å²) in [6, 6.07) is 7.09. The van der Waals surface area contributed by atoms with Gasteiger partial charge in [0.2, 0.25) is 0 Å². The fourth-order valence-electron chi connectivity index (χ4n) is 1.30. The molecule has 0 saturated carbocycles. The third-order valence-electron chi connectivity index (χ3n) is 2.07. The molecule has 88 valence electrons. The zero-order valence-electron chi connectivity index (χ0n) is 8.94. The number of hydrogen-bond donors (Lipinski definition) is 0. The maximum absolute atomic E-state index is 11.7. The average molecular weight is 305 g/mol. The number of rotatable bonds is 5. The van der Waals surface area contributed by atoms with Crippen LogP contribution in [0.1, 0.15) is 23.2 Å². The lowest BCUT2D eigenvalue weighted by molar-refractivity contribution is 0.0982. The summed E-state index contributed by atoms with van der Waals surface area (Å²) in [5, 5.41) is 0. The standard InChI is InChI=1S/C11H13BrO3S/c1-16(14,15)7-3-6-11(13)9-4-2-5-10(12)8-9/h2,4-5,8H,3,6-7H2,1H3. The first-order valence-electron chi connectivity index (χ1n) is 4.85. The van der Waals surface area contributed by atoms with Crippen molar-refractivity contribution in [2.75, 3.05) is 12.0 Å². The van der Waals surface area contributed by atoms with Gasteiger partial charge in [-0.2, -0.15) is 0 Å². The minimum atomic E-state index is -2.97. The highest BCUT2D eigenvalue weighted by Crippen LogP contribution is 2.13. The van der Waals surface area contributed by atoms with E-state index < -0.39 is 9.84 Å². The van der Waals surface area contributed by atoms with Crippen LogP contribution in [0, 0.1) is 0 Å². The Morgan fingerprint density at radius 3 is 2.62 bits per heavy atom. The first-order chi connectivity index (χ1) is 7.38. The van der Waals surface area contributed by atoms with Crippen LogP contribution in [0.25, 0.3) is 0 Å². The molecule has 16 heavy (non-hydrogen) atoms. The molecule has 0 atom stereocenters. The SMILES string of the molecule is CS(=O)(=O)CCCC(=O)c1cccc(Br)c1. The van der Waals surface area contributed by atoms with Crippen LogP contribution >= 0.6 is 15.9 Å². The van der Waals surface area contributed by atoms with Crippen LogP contribution in [-0.4, -0.2) is 26.2 Å². The molecular formula is C11H13BrO3S. The fraction of sp³-hybridized carbons (Fsp3) is 0.364. The molecule has 0 spiro atoms. The van der Waals surface area contributed by atoms with Crippen molar-refractivity contribution in [2.24, 2.45) is 0 Å². The fourth-order valence-corrected chi connectivity index (χ4v) is 2.37. The third kappa shape index (κ3) is 4.90. The second kappa shape index (κ2) is 5.59. The van der Waals surface area contributed by atoms with Gasteiger partial charge in [0.25, 0.3) is 0 Å². The highest BCUT2D eigenvalue weighted by molar-refractivity contribution is 9.10. The second-order valence-corrected chi connectivity index (χ2v) is 6.84. The van der Waals surface area contributed by atoms with E-state index >= 15 is 0 Å². The molecule has 3 nitrogen and oxygen atoms in total. The molecule has 0 amide bonds. The van der Waals surface area contributed by atoms with E-state index in [1.165, 1.54) is 6.26 Å². The van der Waals surface area contributed by atoms with Gasteiger partial charge in [0, 0.05) is 22.7 Å². The van der Waals surface area contributed by atoms with Crippen molar-refractivity contribution < 1.29 is 13.2 Å². The van der Waals surface area contributed by atoms with Gasteiger partial charge in [-0.3, -0.25) is 4.79 Å². The van der Waals surface area contributed by atoms with Crippen molar-refractivity contribution in [3.8, 4) is 0 Å². The van der Waals surface area contributed by atoms with Crippen molar-refractivity contribution in [3.05, 3.63) is 34.3 Å². The van der Waals surface area contributed by atoms with Crippen molar-refractivity contribution >= 4 is 31.6 Å². The third-order valence-corrected chi connectivity index (χ3v) is 3.59. The van der Waals surface area contributed by atoms with Gasteiger partial charge in [-0.15, -0.1) is 0 Å². The molecule has 0 N–H and O–H groups in total. The Kier molecular flexibility index (Phi) is 4.68. The molecule has 1 aromatic rings. The number of benzene rings is 1. The first-order valence-corrected chi connectivity index (χ1v) is 7.70. The Morgan fingerprint density at radius 1 is 1.38 bits per heavy atom. The normalized spacial score (nSPS) is 11.4. The number of Topliss-reactive ketones (excluding diaryl/α,β-unsaturated/α-hetero) is 1. The van der Waals surface area contributed by atoms with E-state index in [9.17, 15) is 13.2 Å². The van der Waals surface area contributed by atoms with Gasteiger partial charge in [-0.1, -0.05) is 28.1 Å². The Hall–Kier alpha value is -0.680. The average Bonchev–Trinajstić information content (AvgIpc) is 2.15. The lowest BCUT2D eigenvalue weighted by atomic mass is 10.1. The highest BCUT2D eigenvalue weighted by atomic mass is 79.9. The van der Waals surface area contributed by atoms with Crippen LogP contribution in [0.15, 0.2) is 28.7 Å². The molecule has 0 unspecified atom stereocenters. The Morgan fingerprint density at radius 2 is 2.06 bits per heavy atom. The van der Waals surface area contributed by atoms with Crippen LogP contribution < -0.4 is 0 Å². The van der Waals surface area contributed by atoms with Gasteiger partial charge in [0.15, 0.2) is 5.78 Å². The lowest BCUT2D eigenvalue weighted by Gasteiger charge is -2.01. The van der Waals surface area contributed by atoms with E-state index in [1.54, 1.807) is 18.2 Å². The quantitative estimate of drug-likeness (QED) is 0.785. The molecule has 0 aromatic heterocycles. The largest absolute Gasteiger partial charge is 0.294 e. The minimum Gasteiger partial charge on any atom is -0.294 e. The van der Waals surface area contributed by atoms with Gasteiger partial charge < -0.3 is 0 Å². The summed E-state index contributed by atoms with van der Waals surface area (Å²) in [7, 11) is -2.97. The van der Waals surface area contributed by atoms with Crippen molar-refractivity contribution in [3.63, 3.8) is 0 Å². The van der Waals surface area contributed by atoms with E-state index in [0.29, 0.717) is 12.0 Å². The predicted octanol–water partition coefficient (Wildman–Crippen LogP) is 2.46. The zero-order chi connectivity index (χ0) is 12.2. The van der Waals surface area contributed by atoms with Crippen molar-refractivity contribution in [2.45, 2.75) is 12.8 Å². The second-order valence-electron chi connectivity index (χ2n) is 3.67. The van der Waals surface area contributed by atoms with E-state index in [4.69, 9.17) is 0 Å². The number of carbonyl (C=O) groups is 1. The molecule has 0 saturated heterocycles.